The quantitative estimate of drug-likeness (QED) is 0.0364. The Labute approximate surface area is 447 Å². The van der Waals surface area contributed by atoms with E-state index >= 15 is 0 Å². The maximum atomic E-state index is 12.9. The number of anilines is 6. The predicted octanol–water partition coefficient (Wildman–Crippen LogP) is 4.74. The number of ether oxygens (including phenoxy) is 7. The zero-order valence-electron chi connectivity index (χ0n) is 42.4. The summed E-state index contributed by atoms with van der Waals surface area (Å²) in [4.78, 5) is 111. The maximum Gasteiger partial charge on any atom is 0.339 e. The molecule has 29 heteroatoms. The number of carboxylic acids is 4. The van der Waals surface area contributed by atoms with Crippen LogP contribution in [0.15, 0.2) is 84.9 Å². The first-order valence-corrected chi connectivity index (χ1v) is 22.6. The van der Waals surface area contributed by atoms with E-state index in [0.717, 1.165) is 24.3 Å². The van der Waals surface area contributed by atoms with E-state index in [0.29, 0.717) is 11.6 Å². The molecule has 0 saturated carbocycles. The molecule has 6 aromatic rings. The monoisotopic (exact) mass is 1100 g/mol. The van der Waals surface area contributed by atoms with Gasteiger partial charge in [-0.2, -0.15) is 19.9 Å². The van der Waals surface area contributed by atoms with Gasteiger partial charge in [0.25, 0.3) is 5.91 Å². The molecule has 416 valence electrons. The summed E-state index contributed by atoms with van der Waals surface area (Å²) in [5.41, 5.74) is 24.6. The first-order chi connectivity index (χ1) is 37.3. The van der Waals surface area contributed by atoms with Crippen LogP contribution in [0.1, 0.15) is 104 Å². The summed E-state index contributed by atoms with van der Waals surface area (Å²) in [5.74, 6) is -8.37. The van der Waals surface area contributed by atoms with Crippen molar-refractivity contribution in [3.8, 4) is 23.0 Å². The molecule has 6 rings (SSSR count). The van der Waals surface area contributed by atoms with Crippen LogP contribution in [0, 0.1) is 0 Å². The van der Waals surface area contributed by atoms with Gasteiger partial charge in [0, 0.05) is 26.4 Å². The fraction of sp³-hybridized carbons (Fsp3) is 0.200. The lowest BCUT2D eigenvalue weighted by Gasteiger charge is -2.15. The second-order valence-electron chi connectivity index (χ2n) is 15.9. The Hall–Kier alpha value is -10.7. The van der Waals surface area contributed by atoms with Gasteiger partial charge in [-0.25, -0.2) is 33.6 Å². The largest absolute Gasteiger partial charge is 0.478 e. The number of nitrogens with zero attached hydrogens (tertiary/aromatic N) is 4. The van der Waals surface area contributed by atoms with Crippen LogP contribution >= 0.6 is 0 Å². The SMILES string of the molecule is CCOC(=O)c1cc(Oc2ccc(C(=O)O)c(C(=O)OC(C)COC)c2)ccc1C(=O)O.COCC(C)OC(=O)c1cc(Oc2ccc(C(=O)O)c(C(=O)Nc3nc(N)cc(N)n3)c2)ccc1C(=O)O.Nc1cc(N)nc(N)n1. The highest BCUT2D eigenvalue weighted by Crippen LogP contribution is 2.30. The molecule has 0 fully saturated rings. The fourth-order valence-electron chi connectivity index (χ4n) is 6.51. The second-order valence-corrected chi connectivity index (χ2v) is 15.9. The smallest absolute Gasteiger partial charge is 0.339 e. The first kappa shape index (κ1) is 60.9. The molecule has 2 atom stereocenters. The number of rotatable bonds is 20. The van der Waals surface area contributed by atoms with Crippen LogP contribution in [0.2, 0.25) is 0 Å². The molecule has 0 bridgehead atoms. The number of aromatic carboxylic acids is 4. The number of carboxylic acid groups (broad SMARTS) is 4. The van der Waals surface area contributed by atoms with Gasteiger partial charge in [-0.1, -0.05) is 0 Å². The minimum absolute atomic E-state index is 0.00306. The number of hydrogen-bond donors (Lipinski definition) is 10. The van der Waals surface area contributed by atoms with E-state index in [1.165, 1.54) is 74.9 Å². The first-order valence-electron chi connectivity index (χ1n) is 22.6. The number of carbonyl (C=O) groups is 8. The van der Waals surface area contributed by atoms with Crippen molar-refractivity contribution >= 4 is 82.9 Å². The van der Waals surface area contributed by atoms with Gasteiger partial charge in [-0.3, -0.25) is 10.1 Å². The number of hydrogen-bond acceptors (Lipinski definition) is 24. The molecule has 0 radical (unpaired) electrons. The van der Waals surface area contributed by atoms with Crippen molar-refractivity contribution in [2.24, 2.45) is 0 Å². The molecule has 15 N–H and O–H groups in total. The molecule has 1 amide bonds. The fourth-order valence-corrected chi connectivity index (χ4v) is 6.51. The zero-order valence-corrected chi connectivity index (χ0v) is 42.4. The van der Waals surface area contributed by atoms with Gasteiger partial charge >= 0.3 is 41.8 Å². The Bertz CT molecular complexity index is 3200. The molecular formula is C50H52N10O19. The number of amides is 1. The summed E-state index contributed by atoms with van der Waals surface area (Å²) in [6.45, 7) is 5.00. The number of nitrogens with two attached hydrogens (primary N) is 5. The van der Waals surface area contributed by atoms with Crippen molar-refractivity contribution in [1.29, 1.82) is 0 Å². The van der Waals surface area contributed by atoms with Crippen molar-refractivity contribution in [2.75, 3.05) is 68.0 Å². The van der Waals surface area contributed by atoms with Crippen molar-refractivity contribution in [3.05, 3.63) is 129 Å². The van der Waals surface area contributed by atoms with Gasteiger partial charge in [0.2, 0.25) is 11.9 Å². The molecule has 0 spiro atoms. The third-order valence-corrected chi connectivity index (χ3v) is 9.73. The molecule has 0 aliphatic carbocycles. The number of nitrogen functional groups attached to an aromatic ring is 5. The Kier molecular flexibility index (Phi) is 21.8. The summed E-state index contributed by atoms with van der Waals surface area (Å²) >= 11 is 0. The second kappa shape index (κ2) is 28.3. The van der Waals surface area contributed by atoms with E-state index in [2.05, 4.69) is 25.3 Å². The van der Waals surface area contributed by atoms with Crippen LogP contribution in [-0.2, 0) is 23.7 Å². The Balaban J connectivity index is 0.000000296. The van der Waals surface area contributed by atoms with Gasteiger partial charge in [0.15, 0.2) is 0 Å². The lowest BCUT2D eigenvalue weighted by Crippen LogP contribution is -2.21. The average Bonchev–Trinajstić information content (AvgIpc) is 3.36. The van der Waals surface area contributed by atoms with Crippen molar-refractivity contribution < 1.29 is 91.9 Å². The van der Waals surface area contributed by atoms with Crippen LogP contribution in [-0.4, -0.2) is 134 Å². The van der Waals surface area contributed by atoms with E-state index in [9.17, 15) is 58.8 Å². The highest BCUT2D eigenvalue weighted by atomic mass is 16.6. The number of benzene rings is 4. The van der Waals surface area contributed by atoms with Crippen molar-refractivity contribution in [3.63, 3.8) is 0 Å². The number of esters is 3. The van der Waals surface area contributed by atoms with E-state index in [1.807, 2.05) is 0 Å². The number of methoxy groups -OCH3 is 2. The summed E-state index contributed by atoms with van der Waals surface area (Å²) in [5, 5.41) is 40.0. The Morgan fingerprint density at radius 2 is 0.785 bits per heavy atom. The van der Waals surface area contributed by atoms with Gasteiger partial charge < -0.3 is 82.3 Å². The van der Waals surface area contributed by atoms with E-state index in [1.54, 1.807) is 20.8 Å². The summed E-state index contributed by atoms with van der Waals surface area (Å²) in [6, 6.07) is 17.2. The normalized spacial score (nSPS) is 11.1. The number of aromatic nitrogens is 4. The highest BCUT2D eigenvalue weighted by molar-refractivity contribution is 6.10. The third-order valence-electron chi connectivity index (χ3n) is 9.73. The van der Waals surface area contributed by atoms with Gasteiger partial charge in [-0.05, 0) is 93.6 Å². The van der Waals surface area contributed by atoms with Crippen LogP contribution in [0.3, 0.4) is 0 Å². The molecule has 0 aliphatic heterocycles. The molecule has 2 aromatic heterocycles. The van der Waals surface area contributed by atoms with E-state index < -0.39 is 59.9 Å². The number of carbonyl (C=O) groups excluding carboxylic acids is 4. The predicted molar refractivity (Wildman–Crippen MR) is 277 cm³/mol. The highest BCUT2D eigenvalue weighted by Gasteiger charge is 2.25. The van der Waals surface area contributed by atoms with Crippen LogP contribution in [0.5, 0.6) is 23.0 Å². The van der Waals surface area contributed by atoms with Gasteiger partial charge in [0.1, 0.15) is 58.5 Å². The Morgan fingerprint density at radius 1 is 0.468 bits per heavy atom. The van der Waals surface area contributed by atoms with Gasteiger partial charge in [-0.15, -0.1) is 0 Å². The molecular weight excluding hydrogens is 1040 g/mol. The summed E-state index contributed by atoms with van der Waals surface area (Å²) < 4.78 is 36.4. The third kappa shape index (κ3) is 18.0. The van der Waals surface area contributed by atoms with Crippen LogP contribution < -0.4 is 43.5 Å². The molecule has 0 aliphatic rings. The molecule has 2 unspecified atom stereocenters. The van der Waals surface area contributed by atoms with Crippen LogP contribution in [0.4, 0.5) is 35.2 Å². The molecule has 4 aromatic carbocycles. The molecule has 29 nitrogen and oxygen atoms in total. The molecule has 79 heavy (non-hydrogen) atoms. The summed E-state index contributed by atoms with van der Waals surface area (Å²) in [7, 11) is 2.85. The summed E-state index contributed by atoms with van der Waals surface area (Å²) in [6.07, 6.45) is -1.27. The zero-order chi connectivity index (χ0) is 58.7. The lowest BCUT2D eigenvalue weighted by atomic mass is 10.1. The topological polar surface area (TPSA) is 476 Å². The molecule has 0 saturated heterocycles. The maximum absolute atomic E-state index is 12.9. The minimum Gasteiger partial charge on any atom is -0.478 e. The van der Waals surface area contributed by atoms with Gasteiger partial charge in [0.05, 0.1) is 64.3 Å². The minimum atomic E-state index is -1.39. The standard InChI is InChI=1S/C24H23N5O9.C22H22O10.C4H7N5/c1-11(10-36-2)37-23(35)17-8-13(4-6-15(17)22(33)34)38-12-3-5-14(21(31)32)16(7-12)20(30)29-24-27-18(25)9-19(26)28-24;1-4-30-21(27)17-9-13(5-7-15(17)19(23)24)32-14-6-8-16(20(25)26)18(10-14)22(28)31-12(2)11-29-3;5-2-1-3(6)9-4(7)8-2/h3-9,11H,10H2,1-2H3,(H,31,32)(H,33,34)(H5,25,26,27,28,29,30);5-10,12H,4,11H2,1-3H3,(H,23,24)(H,25,26);1H,(H6,5,6,7,8,9). The average molecular weight is 1100 g/mol. The Morgan fingerprint density at radius 3 is 1.10 bits per heavy atom. The van der Waals surface area contributed by atoms with E-state index in [-0.39, 0.29) is 111 Å². The van der Waals surface area contributed by atoms with Crippen molar-refractivity contribution in [2.45, 2.75) is 33.0 Å². The van der Waals surface area contributed by atoms with E-state index in [4.69, 9.17) is 61.8 Å². The lowest BCUT2D eigenvalue weighted by molar-refractivity contribution is 0.0111. The van der Waals surface area contributed by atoms with Crippen molar-refractivity contribution in [1.82, 2.24) is 19.9 Å². The molecule has 2 heterocycles. The number of nitrogens with one attached hydrogen (secondary N) is 1. The van der Waals surface area contributed by atoms with Crippen LogP contribution in [0.25, 0.3) is 0 Å².